The molecule has 138 valence electrons. The highest BCUT2D eigenvalue weighted by Gasteiger charge is 2.23. The largest absolute Gasteiger partial charge is 0.391 e. The molecule has 2 heterocycles. The fraction of sp³-hybridized carbons (Fsp3) is 0.286. The third-order valence-corrected chi connectivity index (χ3v) is 5.10. The van der Waals surface area contributed by atoms with E-state index in [1.54, 1.807) is 12.4 Å². The molecule has 0 spiro atoms. The molecule has 2 atom stereocenters. The van der Waals surface area contributed by atoms with Gasteiger partial charge < -0.3 is 10.4 Å². The van der Waals surface area contributed by atoms with Crippen molar-refractivity contribution in [3.05, 3.63) is 59.9 Å². The Morgan fingerprint density at radius 1 is 1.00 bits per heavy atom. The number of hydrogen-bond donors (Lipinski definition) is 2. The van der Waals surface area contributed by atoms with Gasteiger partial charge in [0, 0.05) is 34.6 Å². The Morgan fingerprint density at radius 2 is 1.81 bits per heavy atom. The number of pyridine rings is 1. The van der Waals surface area contributed by atoms with Crippen molar-refractivity contribution in [1.82, 2.24) is 15.0 Å². The number of benzene rings is 1. The van der Waals surface area contributed by atoms with E-state index in [9.17, 15) is 5.11 Å². The first-order valence-electron chi connectivity index (χ1n) is 9.19. The zero-order valence-electron chi connectivity index (χ0n) is 14.8. The predicted molar refractivity (Wildman–Crippen MR) is 108 cm³/mol. The van der Waals surface area contributed by atoms with Crippen molar-refractivity contribution in [1.29, 1.82) is 0 Å². The average molecular weight is 381 g/mol. The summed E-state index contributed by atoms with van der Waals surface area (Å²) in [7, 11) is 0. The number of aliphatic hydroxyl groups is 1. The summed E-state index contributed by atoms with van der Waals surface area (Å²) in [5, 5.41) is 14.4. The van der Waals surface area contributed by atoms with Gasteiger partial charge in [0.15, 0.2) is 5.82 Å². The molecule has 0 bridgehead atoms. The minimum atomic E-state index is -0.352. The summed E-state index contributed by atoms with van der Waals surface area (Å²) < 4.78 is 0. The highest BCUT2D eigenvalue weighted by atomic mass is 35.5. The summed E-state index contributed by atoms with van der Waals surface area (Å²) >= 11 is 6.02. The Hall–Kier alpha value is -2.50. The Bertz CT molecular complexity index is 902. The lowest BCUT2D eigenvalue weighted by Gasteiger charge is -2.29. The number of anilines is 1. The molecule has 0 radical (unpaired) electrons. The van der Waals surface area contributed by atoms with Crippen LogP contribution in [0.2, 0.25) is 5.02 Å². The second-order valence-corrected chi connectivity index (χ2v) is 7.25. The van der Waals surface area contributed by atoms with Crippen molar-refractivity contribution in [2.45, 2.75) is 37.8 Å². The van der Waals surface area contributed by atoms with Crippen molar-refractivity contribution in [3.8, 4) is 22.6 Å². The molecule has 0 aliphatic heterocycles. The van der Waals surface area contributed by atoms with E-state index < -0.39 is 0 Å². The van der Waals surface area contributed by atoms with Crippen molar-refractivity contribution >= 4 is 17.4 Å². The van der Waals surface area contributed by atoms with Gasteiger partial charge >= 0.3 is 0 Å². The molecular weight excluding hydrogens is 360 g/mol. The van der Waals surface area contributed by atoms with Gasteiger partial charge in [-0.05, 0) is 37.1 Å². The van der Waals surface area contributed by atoms with Crippen molar-refractivity contribution < 1.29 is 5.11 Å². The lowest BCUT2D eigenvalue weighted by Crippen LogP contribution is -2.36. The van der Waals surface area contributed by atoms with Gasteiger partial charge in [0.25, 0.3) is 0 Å². The fourth-order valence-electron chi connectivity index (χ4n) is 3.38. The molecule has 0 amide bonds. The van der Waals surface area contributed by atoms with Gasteiger partial charge in [-0.15, -0.1) is 0 Å². The summed E-state index contributed by atoms with van der Waals surface area (Å²) in [4.78, 5) is 13.6. The number of aliphatic hydroxyl groups excluding tert-OH is 1. The van der Waals surface area contributed by atoms with E-state index in [2.05, 4.69) is 15.3 Å². The molecule has 1 saturated carbocycles. The van der Waals surface area contributed by atoms with E-state index in [0.29, 0.717) is 16.7 Å². The van der Waals surface area contributed by atoms with E-state index in [1.165, 1.54) is 0 Å². The monoisotopic (exact) mass is 380 g/mol. The minimum Gasteiger partial charge on any atom is -0.391 e. The van der Waals surface area contributed by atoms with E-state index in [4.69, 9.17) is 16.6 Å². The molecule has 0 saturated heterocycles. The van der Waals surface area contributed by atoms with Crippen molar-refractivity contribution in [3.63, 3.8) is 0 Å². The van der Waals surface area contributed by atoms with Crippen LogP contribution in [0.25, 0.3) is 22.6 Å². The van der Waals surface area contributed by atoms with Gasteiger partial charge in [0.2, 0.25) is 0 Å². The number of nitrogens with one attached hydrogen (secondary N) is 1. The minimum absolute atomic E-state index is 0.00784. The maximum absolute atomic E-state index is 10.3. The molecule has 0 unspecified atom stereocenters. The number of aromatic nitrogens is 3. The SMILES string of the molecule is O[C@@H]1CCCC[C@H]1Nc1cc(-c2ccc(Cl)cc2)nc(-c2cccnc2)n1. The second-order valence-electron chi connectivity index (χ2n) is 6.81. The molecule has 1 aliphatic rings. The maximum atomic E-state index is 10.3. The topological polar surface area (TPSA) is 70.9 Å². The zero-order valence-corrected chi connectivity index (χ0v) is 15.6. The summed E-state index contributed by atoms with van der Waals surface area (Å²) in [6, 6.07) is 13.3. The van der Waals surface area contributed by atoms with E-state index in [0.717, 1.165) is 42.5 Å². The third-order valence-electron chi connectivity index (χ3n) is 4.85. The molecule has 6 heteroatoms. The van der Waals surface area contributed by atoms with Crippen molar-refractivity contribution in [2.75, 3.05) is 5.32 Å². The van der Waals surface area contributed by atoms with E-state index in [1.807, 2.05) is 42.5 Å². The van der Waals surface area contributed by atoms with Crippen LogP contribution in [0.1, 0.15) is 25.7 Å². The van der Waals surface area contributed by atoms with Crippen LogP contribution in [0.4, 0.5) is 5.82 Å². The van der Waals surface area contributed by atoms with Crippen LogP contribution in [-0.4, -0.2) is 32.2 Å². The van der Waals surface area contributed by atoms with Gasteiger partial charge in [-0.25, -0.2) is 9.97 Å². The van der Waals surface area contributed by atoms with E-state index in [-0.39, 0.29) is 12.1 Å². The summed E-state index contributed by atoms with van der Waals surface area (Å²) in [6.45, 7) is 0. The smallest absolute Gasteiger partial charge is 0.163 e. The molecule has 2 aromatic heterocycles. The second kappa shape index (κ2) is 8.03. The molecule has 1 fully saturated rings. The van der Waals surface area contributed by atoms with E-state index >= 15 is 0 Å². The molecular formula is C21H21ClN4O. The summed E-state index contributed by atoms with van der Waals surface area (Å²) in [6.07, 6.45) is 7.06. The summed E-state index contributed by atoms with van der Waals surface area (Å²) in [5.74, 6) is 1.31. The van der Waals surface area contributed by atoms with Crippen LogP contribution in [-0.2, 0) is 0 Å². The molecule has 3 aromatic rings. The predicted octanol–water partition coefficient (Wildman–Crippen LogP) is 4.57. The lowest BCUT2D eigenvalue weighted by atomic mass is 9.92. The molecule has 1 aromatic carbocycles. The molecule has 2 N–H and O–H groups in total. The number of hydrogen-bond acceptors (Lipinski definition) is 5. The molecule has 27 heavy (non-hydrogen) atoms. The number of halogens is 1. The Balaban J connectivity index is 1.73. The molecule has 5 nitrogen and oxygen atoms in total. The molecule has 1 aliphatic carbocycles. The van der Waals surface area contributed by atoms with Crippen LogP contribution in [0.3, 0.4) is 0 Å². The van der Waals surface area contributed by atoms with Gasteiger partial charge in [0.1, 0.15) is 5.82 Å². The number of rotatable bonds is 4. The van der Waals surface area contributed by atoms with Crippen LogP contribution in [0.15, 0.2) is 54.9 Å². The average Bonchev–Trinajstić information content (AvgIpc) is 2.71. The van der Waals surface area contributed by atoms with Gasteiger partial charge in [0.05, 0.1) is 17.8 Å². The lowest BCUT2D eigenvalue weighted by molar-refractivity contribution is 0.116. The first-order valence-corrected chi connectivity index (χ1v) is 9.57. The highest BCUT2D eigenvalue weighted by molar-refractivity contribution is 6.30. The van der Waals surface area contributed by atoms with Crippen LogP contribution < -0.4 is 5.32 Å². The Morgan fingerprint density at radius 3 is 2.56 bits per heavy atom. The fourth-order valence-corrected chi connectivity index (χ4v) is 3.51. The normalized spacial score (nSPS) is 19.6. The van der Waals surface area contributed by atoms with Crippen LogP contribution >= 0.6 is 11.6 Å². The quantitative estimate of drug-likeness (QED) is 0.693. The van der Waals surface area contributed by atoms with Gasteiger partial charge in [-0.1, -0.05) is 36.6 Å². The zero-order chi connectivity index (χ0) is 18.6. The summed E-state index contributed by atoms with van der Waals surface area (Å²) in [5.41, 5.74) is 2.60. The highest BCUT2D eigenvalue weighted by Crippen LogP contribution is 2.27. The van der Waals surface area contributed by atoms with Crippen molar-refractivity contribution in [2.24, 2.45) is 0 Å². The Kier molecular flexibility index (Phi) is 5.32. The van der Waals surface area contributed by atoms with Gasteiger partial charge in [-0.3, -0.25) is 4.98 Å². The first kappa shape index (κ1) is 17.9. The maximum Gasteiger partial charge on any atom is 0.163 e. The first-order chi connectivity index (χ1) is 13.2. The van der Waals surface area contributed by atoms with Gasteiger partial charge in [-0.2, -0.15) is 0 Å². The molecule has 4 rings (SSSR count). The Labute approximate surface area is 163 Å². The standard InChI is InChI=1S/C21H21ClN4O/c22-16-9-7-14(8-10-16)18-12-20(24-17-5-1-2-6-19(17)27)26-21(25-18)15-4-3-11-23-13-15/h3-4,7-13,17,19,27H,1-2,5-6H2,(H,24,25,26)/t17-,19-/m1/s1. The van der Waals surface area contributed by atoms with Crippen LogP contribution in [0, 0.1) is 0 Å². The third kappa shape index (κ3) is 4.26. The van der Waals surface area contributed by atoms with Crippen LogP contribution in [0.5, 0.6) is 0 Å². The number of nitrogens with zero attached hydrogens (tertiary/aromatic N) is 3.